The van der Waals surface area contributed by atoms with Gasteiger partial charge >= 0.3 is 0 Å². The molecule has 130 valence electrons. The van der Waals surface area contributed by atoms with E-state index in [-0.39, 0.29) is 15.7 Å². The average Bonchev–Trinajstić information content (AvgIpc) is 3.01. The van der Waals surface area contributed by atoms with E-state index in [2.05, 4.69) is 14.9 Å². The molecule has 3 aromatic rings. The van der Waals surface area contributed by atoms with Gasteiger partial charge in [0.15, 0.2) is 5.82 Å². The number of ether oxygens (including phenoxy) is 1. The highest BCUT2D eigenvalue weighted by Crippen LogP contribution is 2.29. The molecule has 0 bridgehead atoms. The van der Waals surface area contributed by atoms with E-state index in [1.807, 2.05) is 0 Å². The maximum Gasteiger partial charge on any atom is 0.265 e. The van der Waals surface area contributed by atoms with Crippen LogP contribution < -0.4 is 9.46 Å². The van der Waals surface area contributed by atoms with Gasteiger partial charge in [0.2, 0.25) is 0 Å². The molecule has 0 saturated carbocycles. The Kier molecular flexibility index (Phi) is 4.65. The van der Waals surface area contributed by atoms with Crippen LogP contribution in [0.5, 0.6) is 5.75 Å². The Hall–Kier alpha value is -2.58. The normalized spacial score (nSPS) is 11.3. The molecule has 1 heterocycles. The van der Waals surface area contributed by atoms with Crippen molar-refractivity contribution in [3.05, 3.63) is 53.3 Å². The van der Waals surface area contributed by atoms with Crippen molar-refractivity contribution in [1.82, 2.24) is 10.1 Å². The molecule has 7 nitrogen and oxygen atoms in total. The SMILES string of the molecule is COc1ccc(Cl)cc1S(=O)(=O)Nc1cccc(-c2nc(C)no2)c1. The number of anilines is 1. The van der Waals surface area contributed by atoms with E-state index in [1.165, 1.54) is 19.2 Å². The van der Waals surface area contributed by atoms with Gasteiger partial charge in [-0.1, -0.05) is 22.8 Å². The second-order valence-corrected chi connectivity index (χ2v) is 7.22. The number of benzene rings is 2. The number of hydrogen-bond acceptors (Lipinski definition) is 6. The number of aromatic nitrogens is 2. The third-order valence-electron chi connectivity index (χ3n) is 3.30. The Bertz CT molecular complexity index is 1020. The third kappa shape index (κ3) is 3.75. The summed E-state index contributed by atoms with van der Waals surface area (Å²) in [5.41, 5.74) is 0.939. The lowest BCUT2D eigenvalue weighted by Crippen LogP contribution is -2.14. The first kappa shape index (κ1) is 17.2. The average molecular weight is 380 g/mol. The summed E-state index contributed by atoms with van der Waals surface area (Å²) in [4.78, 5) is 4.07. The molecule has 9 heteroatoms. The van der Waals surface area contributed by atoms with Crippen molar-refractivity contribution >= 4 is 27.3 Å². The zero-order valence-corrected chi connectivity index (χ0v) is 14.9. The van der Waals surface area contributed by atoms with Crippen LogP contribution in [0.1, 0.15) is 5.82 Å². The highest BCUT2D eigenvalue weighted by molar-refractivity contribution is 7.92. The first-order valence-electron chi connectivity index (χ1n) is 7.16. The van der Waals surface area contributed by atoms with Crippen LogP contribution in [0.2, 0.25) is 5.02 Å². The summed E-state index contributed by atoms with van der Waals surface area (Å²) < 4.78 is 38.1. The van der Waals surface area contributed by atoms with E-state index in [0.717, 1.165) is 0 Å². The number of rotatable bonds is 5. The summed E-state index contributed by atoms with van der Waals surface area (Å²) in [6.07, 6.45) is 0. The Morgan fingerprint density at radius 3 is 2.68 bits per heavy atom. The van der Waals surface area contributed by atoms with Gasteiger partial charge in [-0.15, -0.1) is 0 Å². The second kappa shape index (κ2) is 6.73. The van der Waals surface area contributed by atoms with Crippen LogP contribution >= 0.6 is 11.6 Å². The zero-order valence-electron chi connectivity index (χ0n) is 13.4. The first-order chi connectivity index (χ1) is 11.9. The number of hydrogen-bond donors (Lipinski definition) is 1. The molecule has 0 unspecified atom stereocenters. The summed E-state index contributed by atoms with van der Waals surface area (Å²) in [7, 11) is -2.51. The van der Waals surface area contributed by atoms with Gasteiger partial charge in [0.25, 0.3) is 15.9 Å². The molecule has 3 rings (SSSR count). The Balaban J connectivity index is 1.95. The van der Waals surface area contributed by atoms with Gasteiger partial charge in [-0.3, -0.25) is 4.72 Å². The highest BCUT2D eigenvalue weighted by atomic mass is 35.5. The van der Waals surface area contributed by atoms with Gasteiger partial charge in [0.05, 0.1) is 7.11 Å². The van der Waals surface area contributed by atoms with Crippen molar-refractivity contribution in [3.63, 3.8) is 0 Å². The molecule has 1 aromatic heterocycles. The van der Waals surface area contributed by atoms with Gasteiger partial charge in [0.1, 0.15) is 10.6 Å². The van der Waals surface area contributed by atoms with Crippen LogP contribution in [0.15, 0.2) is 51.9 Å². The van der Waals surface area contributed by atoms with E-state index in [9.17, 15) is 8.42 Å². The van der Waals surface area contributed by atoms with Crippen LogP contribution in [0, 0.1) is 6.92 Å². The number of halogens is 1. The minimum Gasteiger partial charge on any atom is -0.495 e. The first-order valence-corrected chi connectivity index (χ1v) is 9.02. The number of sulfonamides is 1. The fourth-order valence-electron chi connectivity index (χ4n) is 2.20. The minimum absolute atomic E-state index is 0.0541. The fourth-order valence-corrected chi connectivity index (χ4v) is 3.68. The summed E-state index contributed by atoms with van der Waals surface area (Å²) in [5.74, 6) is 0.990. The van der Waals surface area contributed by atoms with E-state index >= 15 is 0 Å². The summed E-state index contributed by atoms with van der Waals surface area (Å²) in [6.45, 7) is 1.70. The quantitative estimate of drug-likeness (QED) is 0.729. The van der Waals surface area contributed by atoms with E-state index in [4.69, 9.17) is 20.9 Å². The van der Waals surface area contributed by atoms with E-state index < -0.39 is 10.0 Å². The Labute approximate surface area is 149 Å². The number of aryl methyl sites for hydroxylation is 1. The van der Waals surface area contributed by atoms with Crippen molar-refractivity contribution in [3.8, 4) is 17.2 Å². The molecule has 2 aromatic carbocycles. The molecular weight excluding hydrogens is 366 g/mol. The maximum absolute atomic E-state index is 12.7. The summed E-state index contributed by atoms with van der Waals surface area (Å²) in [5, 5.41) is 4.01. The van der Waals surface area contributed by atoms with Crippen LogP contribution in [0.4, 0.5) is 5.69 Å². The molecule has 0 amide bonds. The predicted octanol–water partition coefficient (Wildman–Crippen LogP) is 3.51. The predicted molar refractivity (Wildman–Crippen MR) is 93.3 cm³/mol. The molecule has 25 heavy (non-hydrogen) atoms. The van der Waals surface area contributed by atoms with Gasteiger partial charge in [0, 0.05) is 16.3 Å². The summed E-state index contributed by atoms with van der Waals surface area (Å²) >= 11 is 5.92. The standard InChI is InChI=1S/C16H14ClN3O4S/c1-10-18-16(24-19-10)11-4-3-5-13(8-11)20-25(21,22)15-9-12(17)6-7-14(15)23-2/h3-9,20H,1-2H3. The molecule has 0 fully saturated rings. The van der Waals surface area contributed by atoms with E-state index in [0.29, 0.717) is 23.0 Å². The molecule has 0 aliphatic heterocycles. The van der Waals surface area contributed by atoms with Crippen molar-refractivity contribution in [2.45, 2.75) is 11.8 Å². The zero-order chi connectivity index (χ0) is 18.0. The van der Waals surface area contributed by atoms with Crippen LogP contribution in [-0.2, 0) is 10.0 Å². The molecular formula is C16H14ClN3O4S. The highest BCUT2D eigenvalue weighted by Gasteiger charge is 2.20. The molecule has 0 aliphatic rings. The third-order valence-corrected chi connectivity index (χ3v) is 4.94. The fraction of sp³-hybridized carbons (Fsp3) is 0.125. The molecule has 0 saturated heterocycles. The summed E-state index contributed by atoms with van der Waals surface area (Å²) in [6, 6.07) is 11.0. The molecule has 0 radical (unpaired) electrons. The lowest BCUT2D eigenvalue weighted by molar-refractivity contribution is 0.403. The van der Waals surface area contributed by atoms with Crippen molar-refractivity contribution in [2.75, 3.05) is 11.8 Å². The maximum atomic E-state index is 12.7. The molecule has 0 atom stereocenters. The molecule has 0 aliphatic carbocycles. The number of methoxy groups -OCH3 is 1. The number of nitrogens with one attached hydrogen (secondary N) is 1. The van der Waals surface area contributed by atoms with Crippen LogP contribution in [0.25, 0.3) is 11.5 Å². The second-order valence-electron chi connectivity index (χ2n) is 5.13. The van der Waals surface area contributed by atoms with Crippen LogP contribution in [-0.4, -0.2) is 25.7 Å². The molecule has 0 spiro atoms. The topological polar surface area (TPSA) is 94.3 Å². The largest absolute Gasteiger partial charge is 0.495 e. The smallest absolute Gasteiger partial charge is 0.265 e. The van der Waals surface area contributed by atoms with Gasteiger partial charge in [-0.2, -0.15) is 4.98 Å². The van der Waals surface area contributed by atoms with Gasteiger partial charge in [-0.25, -0.2) is 8.42 Å². The minimum atomic E-state index is -3.90. The van der Waals surface area contributed by atoms with Crippen molar-refractivity contribution < 1.29 is 17.7 Å². The van der Waals surface area contributed by atoms with Gasteiger partial charge < -0.3 is 9.26 Å². The van der Waals surface area contributed by atoms with Crippen molar-refractivity contribution in [2.24, 2.45) is 0 Å². The van der Waals surface area contributed by atoms with Gasteiger partial charge in [-0.05, 0) is 43.3 Å². The van der Waals surface area contributed by atoms with E-state index in [1.54, 1.807) is 37.3 Å². The lowest BCUT2D eigenvalue weighted by atomic mass is 10.2. The molecule has 1 N–H and O–H groups in total. The number of nitrogens with zero attached hydrogens (tertiary/aromatic N) is 2. The van der Waals surface area contributed by atoms with Crippen molar-refractivity contribution in [1.29, 1.82) is 0 Å². The van der Waals surface area contributed by atoms with Crippen LogP contribution in [0.3, 0.4) is 0 Å². The Morgan fingerprint density at radius 2 is 2.00 bits per heavy atom. The Morgan fingerprint density at radius 1 is 1.20 bits per heavy atom. The monoisotopic (exact) mass is 379 g/mol. The lowest BCUT2D eigenvalue weighted by Gasteiger charge is -2.12.